The first-order chi connectivity index (χ1) is 8.09. The molecule has 0 aliphatic carbocycles. The van der Waals surface area contributed by atoms with E-state index in [9.17, 15) is 13.7 Å². The van der Waals surface area contributed by atoms with E-state index in [4.69, 9.17) is 0 Å². The fourth-order valence-electron chi connectivity index (χ4n) is 2.09. The van der Waals surface area contributed by atoms with E-state index >= 15 is 0 Å². The maximum atomic E-state index is 13.7. The number of hydrogen-bond acceptors (Lipinski definition) is 3. The molecule has 5 heteroatoms. The van der Waals surface area contributed by atoms with Crippen LogP contribution in [0.3, 0.4) is 0 Å². The predicted molar refractivity (Wildman–Crippen MR) is 67.1 cm³/mol. The Hall–Kier alpha value is -0.940. The molecule has 1 heterocycles. The number of nitrogens with zero attached hydrogens (tertiary/aromatic N) is 1. The lowest BCUT2D eigenvalue weighted by Crippen LogP contribution is -2.38. The molecule has 94 valence electrons. The van der Waals surface area contributed by atoms with Gasteiger partial charge in [-0.05, 0) is 19.1 Å². The molecule has 1 aliphatic heterocycles. The third kappa shape index (κ3) is 2.66. The van der Waals surface area contributed by atoms with Gasteiger partial charge in [0.05, 0.1) is 6.10 Å². The van der Waals surface area contributed by atoms with E-state index in [1.807, 2.05) is 4.90 Å². The summed E-state index contributed by atoms with van der Waals surface area (Å²) in [6, 6.07) is 4.80. The zero-order chi connectivity index (χ0) is 12.4. The Labute approximate surface area is 103 Å². The van der Waals surface area contributed by atoms with Gasteiger partial charge in [0.2, 0.25) is 0 Å². The number of halogens is 1. The number of benzene rings is 1. The van der Waals surface area contributed by atoms with Gasteiger partial charge in [-0.15, -0.1) is 0 Å². The third-order valence-electron chi connectivity index (χ3n) is 2.97. The lowest BCUT2D eigenvalue weighted by molar-refractivity contribution is 0.194. The molecular weight excluding hydrogens is 241 g/mol. The van der Waals surface area contributed by atoms with E-state index in [0.717, 1.165) is 5.69 Å². The Balaban J connectivity index is 2.31. The average molecular weight is 257 g/mol. The van der Waals surface area contributed by atoms with E-state index < -0.39 is 16.9 Å². The Morgan fingerprint density at radius 3 is 2.65 bits per heavy atom. The molecule has 17 heavy (non-hydrogen) atoms. The summed E-state index contributed by atoms with van der Waals surface area (Å²) >= 11 is 0. The molecular formula is C12H16FNO2S. The highest BCUT2D eigenvalue weighted by Gasteiger charge is 2.21. The van der Waals surface area contributed by atoms with Crippen LogP contribution in [0.2, 0.25) is 0 Å². The fourth-order valence-corrected chi connectivity index (χ4v) is 3.15. The Morgan fingerprint density at radius 1 is 1.41 bits per heavy atom. The van der Waals surface area contributed by atoms with E-state index in [2.05, 4.69) is 0 Å². The van der Waals surface area contributed by atoms with Gasteiger partial charge in [0.1, 0.15) is 5.82 Å². The zero-order valence-electron chi connectivity index (χ0n) is 9.73. The second kappa shape index (κ2) is 5.14. The molecule has 2 rings (SSSR count). The van der Waals surface area contributed by atoms with E-state index in [1.165, 1.54) is 6.07 Å². The third-order valence-corrected chi connectivity index (χ3v) is 4.24. The molecule has 1 aromatic carbocycles. The van der Waals surface area contributed by atoms with Gasteiger partial charge in [-0.1, -0.05) is 6.07 Å². The topological polar surface area (TPSA) is 40.5 Å². The van der Waals surface area contributed by atoms with Crippen molar-refractivity contribution in [3.8, 4) is 0 Å². The predicted octanol–water partition coefficient (Wildman–Crippen LogP) is 1.45. The van der Waals surface area contributed by atoms with Crippen LogP contribution >= 0.6 is 0 Å². The largest absolute Gasteiger partial charge is 0.389 e. The summed E-state index contributed by atoms with van der Waals surface area (Å²) in [5.74, 6) is 0.829. The summed E-state index contributed by atoms with van der Waals surface area (Å²) in [4.78, 5) is 1.99. The quantitative estimate of drug-likeness (QED) is 0.871. The van der Waals surface area contributed by atoms with Crippen molar-refractivity contribution in [3.05, 3.63) is 29.6 Å². The second-order valence-electron chi connectivity index (χ2n) is 4.18. The molecule has 1 N–H and O–H groups in total. The minimum atomic E-state index is -0.835. The van der Waals surface area contributed by atoms with Crippen LogP contribution in [-0.2, 0) is 10.8 Å². The summed E-state index contributed by atoms with van der Waals surface area (Å²) in [6.45, 7) is 2.86. The van der Waals surface area contributed by atoms with Crippen LogP contribution in [-0.4, -0.2) is 33.9 Å². The Morgan fingerprint density at radius 2 is 2.06 bits per heavy atom. The van der Waals surface area contributed by atoms with Crippen molar-refractivity contribution in [2.24, 2.45) is 0 Å². The molecule has 3 nitrogen and oxygen atoms in total. The van der Waals surface area contributed by atoms with Crippen LogP contribution < -0.4 is 4.90 Å². The summed E-state index contributed by atoms with van der Waals surface area (Å²) in [7, 11) is -0.755. The van der Waals surface area contributed by atoms with Gasteiger partial charge in [-0.3, -0.25) is 4.21 Å². The van der Waals surface area contributed by atoms with Crippen LogP contribution in [0.25, 0.3) is 0 Å². The molecule has 0 amide bonds. The first-order valence-corrected chi connectivity index (χ1v) is 7.15. The highest BCUT2D eigenvalue weighted by atomic mass is 32.2. The minimum Gasteiger partial charge on any atom is -0.389 e. The number of aliphatic hydroxyl groups is 1. The Kier molecular flexibility index (Phi) is 3.79. The van der Waals surface area contributed by atoms with Gasteiger partial charge in [-0.2, -0.15) is 0 Å². The van der Waals surface area contributed by atoms with Crippen LogP contribution in [0.15, 0.2) is 18.2 Å². The maximum absolute atomic E-state index is 13.7. The second-order valence-corrected chi connectivity index (χ2v) is 5.88. The molecule has 1 saturated heterocycles. The van der Waals surface area contributed by atoms with Crippen molar-refractivity contribution in [1.82, 2.24) is 0 Å². The molecule has 0 spiro atoms. The normalized spacial score (nSPS) is 19.4. The van der Waals surface area contributed by atoms with E-state index in [-0.39, 0.29) is 5.82 Å². The lowest BCUT2D eigenvalue weighted by atomic mass is 10.1. The number of anilines is 1. The van der Waals surface area contributed by atoms with Gasteiger partial charge in [0, 0.05) is 46.6 Å². The van der Waals surface area contributed by atoms with Crippen LogP contribution in [0.1, 0.15) is 18.6 Å². The number of aliphatic hydroxyl groups excluding tert-OH is 1. The molecule has 0 bridgehead atoms. The van der Waals surface area contributed by atoms with Crippen molar-refractivity contribution in [3.63, 3.8) is 0 Å². The van der Waals surface area contributed by atoms with Gasteiger partial charge in [0.25, 0.3) is 0 Å². The zero-order valence-corrected chi connectivity index (χ0v) is 10.5. The molecule has 1 atom stereocenters. The van der Waals surface area contributed by atoms with Crippen LogP contribution in [0.4, 0.5) is 10.1 Å². The molecule has 0 aromatic heterocycles. The van der Waals surface area contributed by atoms with Gasteiger partial charge in [-0.25, -0.2) is 4.39 Å². The van der Waals surface area contributed by atoms with E-state index in [0.29, 0.717) is 30.2 Å². The molecule has 0 unspecified atom stereocenters. The first kappa shape index (κ1) is 12.5. The van der Waals surface area contributed by atoms with Crippen LogP contribution in [0.5, 0.6) is 0 Å². The molecule has 0 saturated carbocycles. The van der Waals surface area contributed by atoms with Crippen molar-refractivity contribution >= 4 is 16.5 Å². The maximum Gasteiger partial charge on any atom is 0.131 e. The van der Waals surface area contributed by atoms with Gasteiger partial charge < -0.3 is 10.0 Å². The summed E-state index contributed by atoms with van der Waals surface area (Å²) in [5, 5.41) is 9.64. The average Bonchev–Trinajstić information content (AvgIpc) is 2.29. The first-order valence-electron chi connectivity index (χ1n) is 5.66. The van der Waals surface area contributed by atoms with E-state index in [1.54, 1.807) is 19.1 Å². The lowest BCUT2D eigenvalue weighted by Gasteiger charge is -2.31. The van der Waals surface area contributed by atoms with Crippen LogP contribution in [0, 0.1) is 5.82 Å². The number of hydrogen-bond donors (Lipinski definition) is 1. The van der Waals surface area contributed by atoms with Crippen molar-refractivity contribution in [2.45, 2.75) is 13.0 Å². The smallest absolute Gasteiger partial charge is 0.131 e. The Bertz CT molecular complexity index is 427. The highest BCUT2D eigenvalue weighted by molar-refractivity contribution is 7.85. The standard InChI is InChI=1S/C12H16FNO2S/c1-9(15)12-10(13)3-2-4-11(12)14-5-7-17(16)8-6-14/h2-4,9,15H,5-8H2,1H3/t9-/m1/s1. The van der Waals surface area contributed by atoms with Crippen molar-refractivity contribution in [2.75, 3.05) is 29.5 Å². The molecule has 1 fully saturated rings. The van der Waals surface area contributed by atoms with Crippen molar-refractivity contribution in [1.29, 1.82) is 0 Å². The molecule has 0 radical (unpaired) electrons. The SMILES string of the molecule is C[C@@H](O)c1c(F)cccc1N1CCS(=O)CC1. The molecule has 1 aliphatic rings. The summed E-state index contributed by atoms with van der Waals surface area (Å²) in [5.41, 5.74) is 1.05. The van der Waals surface area contributed by atoms with Crippen molar-refractivity contribution < 1.29 is 13.7 Å². The minimum absolute atomic E-state index is 0.334. The van der Waals surface area contributed by atoms with Gasteiger partial charge >= 0.3 is 0 Å². The monoisotopic (exact) mass is 257 g/mol. The van der Waals surface area contributed by atoms with Gasteiger partial charge in [0.15, 0.2) is 0 Å². The summed E-state index contributed by atoms with van der Waals surface area (Å²) in [6.07, 6.45) is -0.835. The molecule has 1 aromatic rings. The fraction of sp³-hybridized carbons (Fsp3) is 0.500. The number of rotatable bonds is 2. The summed E-state index contributed by atoms with van der Waals surface area (Å²) < 4.78 is 25.0. The highest BCUT2D eigenvalue weighted by Crippen LogP contribution is 2.29.